The van der Waals surface area contributed by atoms with Gasteiger partial charge in [0.05, 0.1) is 12.3 Å². The van der Waals surface area contributed by atoms with E-state index in [0.29, 0.717) is 6.54 Å². The van der Waals surface area contributed by atoms with E-state index in [-0.39, 0.29) is 12.0 Å². The zero-order chi connectivity index (χ0) is 12.6. The summed E-state index contributed by atoms with van der Waals surface area (Å²) in [6.45, 7) is 0.691. The second-order valence-corrected chi connectivity index (χ2v) is 6.38. The Morgan fingerprint density at radius 1 is 1.56 bits per heavy atom. The topological polar surface area (TPSA) is 63.5 Å². The van der Waals surface area contributed by atoms with Crippen LogP contribution in [0.5, 0.6) is 0 Å². The smallest absolute Gasteiger partial charge is 0.193 e. The maximum absolute atomic E-state index is 9.73. The van der Waals surface area contributed by atoms with Gasteiger partial charge in [0.1, 0.15) is 0 Å². The molecule has 0 bridgehead atoms. The molecule has 18 heavy (non-hydrogen) atoms. The van der Waals surface area contributed by atoms with Crippen LogP contribution in [-0.4, -0.2) is 27.6 Å². The molecule has 1 aliphatic rings. The Bertz CT molecular complexity index is 497. The summed E-state index contributed by atoms with van der Waals surface area (Å²) in [4.78, 5) is 5.61. The van der Waals surface area contributed by atoms with Gasteiger partial charge >= 0.3 is 0 Å². The van der Waals surface area contributed by atoms with Crippen LogP contribution >= 0.6 is 11.3 Å². The van der Waals surface area contributed by atoms with Crippen LogP contribution in [-0.2, 0) is 6.42 Å². The lowest BCUT2D eigenvalue weighted by Gasteiger charge is -2.29. The molecule has 1 unspecified atom stereocenters. The highest BCUT2D eigenvalue weighted by Gasteiger charge is 2.36. The van der Waals surface area contributed by atoms with Gasteiger partial charge in [0.15, 0.2) is 4.96 Å². The highest BCUT2D eigenvalue weighted by atomic mass is 32.1. The van der Waals surface area contributed by atoms with Crippen molar-refractivity contribution in [1.29, 1.82) is 0 Å². The minimum atomic E-state index is -0.175. The van der Waals surface area contributed by atoms with Crippen molar-refractivity contribution in [2.45, 2.75) is 25.7 Å². The minimum absolute atomic E-state index is 0.158. The number of nitrogens with two attached hydrogens (primary N) is 1. The van der Waals surface area contributed by atoms with Gasteiger partial charge in [0, 0.05) is 36.2 Å². The van der Waals surface area contributed by atoms with Gasteiger partial charge in [0.2, 0.25) is 0 Å². The molecule has 0 aliphatic heterocycles. The Balaban J connectivity index is 1.80. The van der Waals surface area contributed by atoms with Crippen LogP contribution in [0.3, 0.4) is 0 Å². The maximum Gasteiger partial charge on any atom is 0.193 e. The van der Waals surface area contributed by atoms with E-state index in [1.807, 2.05) is 16.0 Å². The molecule has 1 atom stereocenters. The van der Waals surface area contributed by atoms with E-state index in [1.165, 1.54) is 12.8 Å². The van der Waals surface area contributed by atoms with Crippen LogP contribution in [0.1, 0.15) is 25.0 Å². The van der Waals surface area contributed by atoms with Crippen molar-refractivity contribution in [3.8, 4) is 0 Å². The number of nitrogens with zero attached hydrogens (tertiary/aromatic N) is 2. The number of aromatic nitrogens is 2. The third-order valence-corrected chi connectivity index (χ3v) is 4.66. The number of imidazole rings is 1. The lowest BCUT2D eigenvalue weighted by Crippen LogP contribution is -2.37. The molecule has 0 saturated heterocycles. The molecule has 3 N–H and O–H groups in total. The van der Waals surface area contributed by atoms with Gasteiger partial charge < -0.3 is 10.8 Å². The normalized spacial score (nSPS) is 19.2. The molecule has 0 spiro atoms. The Hall–Kier alpha value is -0.910. The van der Waals surface area contributed by atoms with Crippen LogP contribution in [0.25, 0.3) is 4.96 Å². The summed E-state index contributed by atoms with van der Waals surface area (Å²) < 4.78 is 2.04. The average Bonchev–Trinajstić information content (AvgIpc) is 2.93. The van der Waals surface area contributed by atoms with Gasteiger partial charge in [-0.2, -0.15) is 0 Å². The maximum atomic E-state index is 9.73. The van der Waals surface area contributed by atoms with Crippen molar-refractivity contribution in [3.05, 3.63) is 23.5 Å². The lowest BCUT2D eigenvalue weighted by molar-refractivity contribution is 0.115. The predicted molar refractivity (Wildman–Crippen MR) is 72.7 cm³/mol. The summed E-state index contributed by atoms with van der Waals surface area (Å²) >= 11 is 1.63. The zero-order valence-electron chi connectivity index (χ0n) is 10.4. The highest BCUT2D eigenvalue weighted by molar-refractivity contribution is 7.15. The monoisotopic (exact) mass is 265 g/mol. The molecule has 3 rings (SSSR count). The van der Waals surface area contributed by atoms with E-state index in [2.05, 4.69) is 11.2 Å². The lowest BCUT2D eigenvalue weighted by atomic mass is 9.79. The fraction of sp³-hybridized carbons (Fsp3) is 0.615. The number of thiazole rings is 1. The van der Waals surface area contributed by atoms with Crippen molar-refractivity contribution in [2.75, 3.05) is 13.2 Å². The van der Waals surface area contributed by atoms with E-state index in [4.69, 9.17) is 5.73 Å². The SMILES string of the molecule is NCC(CO)(Cc1cn2ccsc2n1)CC1CC1. The molecule has 1 aliphatic carbocycles. The molecule has 4 nitrogen and oxygen atoms in total. The summed E-state index contributed by atoms with van der Waals surface area (Å²) in [5.74, 6) is 0.768. The first kappa shape index (κ1) is 12.1. The third kappa shape index (κ3) is 2.30. The van der Waals surface area contributed by atoms with E-state index in [1.54, 1.807) is 11.3 Å². The first-order valence-electron chi connectivity index (χ1n) is 6.47. The Morgan fingerprint density at radius 2 is 2.39 bits per heavy atom. The molecule has 0 amide bonds. The van der Waals surface area contributed by atoms with Crippen LogP contribution in [0, 0.1) is 11.3 Å². The summed E-state index contributed by atoms with van der Waals surface area (Å²) in [5, 5.41) is 11.8. The van der Waals surface area contributed by atoms with E-state index >= 15 is 0 Å². The molecule has 0 radical (unpaired) electrons. The molecule has 5 heteroatoms. The molecule has 1 saturated carbocycles. The van der Waals surface area contributed by atoms with Crippen LogP contribution in [0.2, 0.25) is 0 Å². The number of hydrogen-bond donors (Lipinski definition) is 2. The largest absolute Gasteiger partial charge is 0.396 e. The minimum Gasteiger partial charge on any atom is -0.396 e. The quantitative estimate of drug-likeness (QED) is 0.835. The van der Waals surface area contributed by atoms with E-state index < -0.39 is 0 Å². The standard InChI is InChI=1S/C13H19N3OS/c14-8-13(9-17,5-10-1-2-10)6-11-7-16-3-4-18-12(16)15-11/h3-4,7,10,17H,1-2,5-6,8-9,14H2. The Kier molecular flexibility index (Phi) is 3.13. The van der Waals surface area contributed by atoms with E-state index in [0.717, 1.165) is 29.4 Å². The average molecular weight is 265 g/mol. The summed E-state index contributed by atoms with van der Waals surface area (Å²) in [6, 6.07) is 0. The molecule has 2 aromatic rings. The number of aliphatic hydroxyl groups is 1. The molecule has 2 aromatic heterocycles. The van der Waals surface area contributed by atoms with Crippen LogP contribution in [0.15, 0.2) is 17.8 Å². The highest BCUT2D eigenvalue weighted by Crippen LogP contribution is 2.41. The van der Waals surface area contributed by atoms with Crippen molar-refractivity contribution >= 4 is 16.3 Å². The van der Waals surface area contributed by atoms with Gasteiger partial charge in [-0.25, -0.2) is 4.98 Å². The molecule has 1 fully saturated rings. The first-order valence-corrected chi connectivity index (χ1v) is 7.35. The van der Waals surface area contributed by atoms with Crippen molar-refractivity contribution in [1.82, 2.24) is 9.38 Å². The van der Waals surface area contributed by atoms with Crippen molar-refractivity contribution in [2.24, 2.45) is 17.1 Å². The third-order valence-electron chi connectivity index (χ3n) is 3.89. The summed E-state index contributed by atoms with van der Waals surface area (Å²) in [6.07, 6.45) is 8.47. The fourth-order valence-electron chi connectivity index (χ4n) is 2.59. The summed E-state index contributed by atoms with van der Waals surface area (Å²) in [5.41, 5.74) is 6.79. The van der Waals surface area contributed by atoms with E-state index in [9.17, 15) is 5.11 Å². The molecule has 0 aromatic carbocycles. The summed E-state index contributed by atoms with van der Waals surface area (Å²) in [7, 11) is 0. The first-order chi connectivity index (χ1) is 8.74. The van der Waals surface area contributed by atoms with Gasteiger partial charge in [-0.15, -0.1) is 11.3 Å². The molecular formula is C13H19N3OS. The Labute approximate surface area is 110 Å². The molecule has 98 valence electrons. The van der Waals surface area contributed by atoms with Crippen LogP contribution in [0.4, 0.5) is 0 Å². The van der Waals surface area contributed by atoms with Gasteiger partial charge in [-0.05, 0) is 12.3 Å². The second-order valence-electron chi connectivity index (χ2n) is 5.51. The molecular weight excluding hydrogens is 246 g/mol. The van der Waals surface area contributed by atoms with Gasteiger partial charge in [-0.1, -0.05) is 12.8 Å². The second kappa shape index (κ2) is 4.64. The van der Waals surface area contributed by atoms with Crippen LogP contribution < -0.4 is 5.73 Å². The van der Waals surface area contributed by atoms with Gasteiger partial charge in [-0.3, -0.25) is 4.40 Å². The van der Waals surface area contributed by atoms with Crippen molar-refractivity contribution < 1.29 is 5.11 Å². The number of aliphatic hydroxyl groups excluding tert-OH is 1. The number of rotatable bonds is 6. The fourth-order valence-corrected chi connectivity index (χ4v) is 3.31. The predicted octanol–water partition coefficient (Wildman–Crippen LogP) is 1.68. The number of fused-ring (bicyclic) bond motifs is 1. The van der Waals surface area contributed by atoms with Crippen molar-refractivity contribution in [3.63, 3.8) is 0 Å². The zero-order valence-corrected chi connectivity index (χ0v) is 11.2. The molecule has 2 heterocycles. The van der Waals surface area contributed by atoms with Gasteiger partial charge in [0.25, 0.3) is 0 Å². The number of hydrogen-bond acceptors (Lipinski definition) is 4. The Morgan fingerprint density at radius 3 is 3.00 bits per heavy atom.